The Bertz CT molecular complexity index is 253. The van der Waals surface area contributed by atoms with E-state index in [9.17, 15) is 9.59 Å². The second kappa shape index (κ2) is 7.81. The van der Waals surface area contributed by atoms with E-state index in [1.54, 1.807) is 0 Å². The van der Waals surface area contributed by atoms with E-state index in [0.29, 0.717) is 12.2 Å². The minimum absolute atomic E-state index is 0.558. The lowest BCUT2D eigenvalue weighted by Crippen LogP contribution is -1.91. The Hall–Kier alpha value is -2.29. The van der Waals surface area contributed by atoms with Crippen LogP contribution in [0.5, 0.6) is 0 Å². The summed E-state index contributed by atoms with van der Waals surface area (Å²) < 4.78 is 0. The van der Waals surface area contributed by atoms with E-state index in [2.05, 4.69) is 6.42 Å². The molecule has 0 aliphatic rings. The molecule has 0 rings (SSSR count). The molecule has 0 aromatic heterocycles. The summed E-state index contributed by atoms with van der Waals surface area (Å²) in [5, 5.41) is 23.1. The fraction of sp³-hybridized carbons (Fsp3) is 0. The van der Waals surface area contributed by atoms with Crippen LogP contribution in [-0.4, -0.2) is 33.2 Å². The molecule has 0 atom stereocenters. The van der Waals surface area contributed by atoms with Crippen molar-refractivity contribution in [3.05, 3.63) is 12.2 Å². The molecule has 0 fully saturated rings. The van der Waals surface area contributed by atoms with E-state index >= 15 is 0 Å². The molecule has 0 unspecified atom stereocenters. The summed E-state index contributed by atoms with van der Waals surface area (Å²) in [6.45, 7) is 0. The predicted octanol–water partition coefficient (Wildman–Crippen LogP) is -0.584. The maximum atomic E-state index is 9.55. The fourth-order valence-corrected chi connectivity index (χ4v) is 0.143. The second-order valence-corrected chi connectivity index (χ2v) is 1.46. The highest BCUT2D eigenvalue weighted by molar-refractivity contribution is 5.89. The molecule has 6 heteroatoms. The summed E-state index contributed by atoms with van der Waals surface area (Å²) in [6.07, 6.45) is 5.44. The van der Waals surface area contributed by atoms with Gasteiger partial charge in [-0.05, 0) is 0 Å². The van der Waals surface area contributed by atoms with Crippen molar-refractivity contribution in [1.82, 2.24) is 0 Å². The number of carbonyl (C=O) groups is 3. The fourth-order valence-electron chi connectivity index (χ4n) is 0.143. The van der Waals surface area contributed by atoms with Crippen molar-refractivity contribution in [3.8, 4) is 12.3 Å². The van der Waals surface area contributed by atoms with Gasteiger partial charge in [0, 0.05) is 18.1 Å². The Morgan fingerprint density at radius 1 is 1.00 bits per heavy atom. The maximum absolute atomic E-state index is 9.55. The highest BCUT2D eigenvalue weighted by Crippen LogP contribution is 1.70. The van der Waals surface area contributed by atoms with Crippen LogP contribution in [-0.2, 0) is 14.4 Å². The van der Waals surface area contributed by atoms with E-state index in [4.69, 9.17) is 20.1 Å². The molecule has 0 aliphatic carbocycles. The Kier molecular flexibility index (Phi) is 8.00. The lowest BCUT2D eigenvalue weighted by atomic mass is 10.5. The van der Waals surface area contributed by atoms with Gasteiger partial charge in [0.1, 0.15) is 0 Å². The standard InChI is InChI=1S/C4H4O4.C3H2O2/c5-3(6)1-2-4(7)8;1-2-3(4)5/h1-2H,(H,5,6)(H,7,8);1H,(H,4,5)/b2-1+;. The first-order valence-electron chi connectivity index (χ1n) is 2.73. The number of carboxylic acids is 3. The van der Waals surface area contributed by atoms with Gasteiger partial charge in [-0.2, -0.15) is 0 Å². The average molecular weight is 186 g/mol. The number of aliphatic carboxylic acids is 3. The number of hydrogen-bond acceptors (Lipinski definition) is 3. The van der Waals surface area contributed by atoms with E-state index < -0.39 is 17.9 Å². The summed E-state index contributed by atoms with van der Waals surface area (Å²) in [4.78, 5) is 28.2. The Morgan fingerprint density at radius 3 is 1.31 bits per heavy atom. The van der Waals surface area contributed by atoms with Crippen LogP contribution in [0.2, 0.25) is 0 Å². The molecule has 0 aromatic rings. The molecule has 0 aliphatic heterocycles. The van der Waals surface area contributed by atoms with Crippen LogP contribution in [0.3, 0.4) is 0 Å². The Morgan fingerprint density at radius 2 is 1.23 bits per heavy atom. The number of hydrogen-bond donors (Lipinski definition) is 3. The number of terminal acetylenes is 1. The van der Waals surface area contributed by atoms with Crippen molar-refractivity contribution < 1.29 is 29.7 Å². The molecule has 3 N–H and O–H groups in total. The van der Waals surface area contributed by atoms with E-state index in [1.807, 2.05) is 0 Å². The van der Waals surface area contributed by atoms with Gasteiger partial charge in [0.15, 0.2) is 0 Å². The van der Waals surface area contributed by atoms with Gasteiger partial charge >= 0.3 is 17.9 Å². The average Bonchev–Trinajstić information content (AvgIpc) is 2.02. The predicted molar refractivity (Wildman–Crippen MR) is 40.9 cm³/mol. The van der Waals surface area contributed by atoms with Crippen molar-refractivity contribution in [3.63, 3.8) is 0 Å². The van der Waals surface area contributed by atoms with Gasteiger partial charge in [-0.25, -0.2) is 14.4 Å². The van der Waals surface area contributed by atoms with Gasteiger partial charge in [-0.3, -0.25) is 0 Å². The van der Waals surface area contributed by atoms with Crippen LogP contribution in [0, 0.1) is 12.3 Å². The molecule has 0 heterocycles. The smallest absolute Gasteiger partial charge is 0.381 e. The second-order valence-electron chi connectivity index (χ2n) is 1.46. The zero-order valence-corrected chi connectivity index (χ0v) is 6.30. The van der Waals surface area contributed by atoms with Crippen LogP contribution in [0.1, 0.15) is 0 Å². The van der Waals surface area contributed by atoms with Gasteiger partial charge < -0.3 is 15.3 Å². The SMILES string of the molecule is C#CC(=O)O.O=C(O)/C=C/C(=O)O. The van der Waals surface area contributed by atoms with Crippen LogP contribution >= 0.6 is 0 Å². The molecular formula is C7H6O6. The third-order valence-corrected chi connectivity index (χ3v) is 0.492. The van der Waals surface area contributed by atoms with Gasteiger partial charge in [0.25, 0.3) is 0 Å². The lowest BCUT2D eigenvalue weighted by Gasteiger charge is -1.74. The van der Waals surface area contributed by atoms with Crippen molar-refractivity contribution >= 4 is 17.9 Å². The highest BCUT2D eigenvalue weighted by atomic mass is 16.4. The topological polar surface area (TPSA) is 112 Å². The molecule has 6 nitrogen and oxygen atoms in total. The van der Waals surface area contributed by atoms with Crippen LogP contribution in [0.25, 0.3) is 0 Å². The molecule has 13 heavy (non-hydrogen) atoms. The lowest BCUT2D eigenvalue weighted by molar-refractivity contribution is -0.134. The van der Waals surface area contributed by atoms with Crippen molar-refractivity contribution in [2.75, 3.05) is 0 Å². The number of rotatable bonds is 2. The zero-order chi connectivity index (χ0) is 10.9. The molecule has 0 saturated carbocycles. The van der Waals surface area contributed by atoms with Crippen LogP contribution < -0.4 is 0 Å². The molecule has 70 valence electrons. The van der Waals surface area contributed by atoms with Gasteiger partial charge in [-0.15, -0.1) is 6.42 Å². The molecule has 0 bridgehead atoms. The van der Waals surface area contributed by atoms with E-state index in [-0.39, 0.29) is 0 Å². The first-order valence-corrected chi connectivity index (χ1v) is 2.73. The van der Waals surface area contributed by atoms with Gasteiger partial charge in [0.2, 0.25) is 0 Å². The number of carboxylic acid groups (broad SMARTS) is 3. The van der Waals surface area contributed by atoms with Crippen molar-refractivity contribution in [2.45, 2.75) is 0 Å². The molecule has 0 aromatic carbocycles. The van der Waals surface area contributed by atoms with Crippen molar-refractivity contribution in [2.24, 2.45) is 0 Å². The molecule has 0 saturated heterocycles. The largest absolute Gasteiger partial charge is 0.478 e. The highest BCUT2D eigenvalue weighted by Gasteiger charge is 1.88. The quantitative estimate of drug-likeness (QED) is 0.392. The third kappa shape index (κ3) is 26.0. The summed E-state index contributed by atoms with van der Waals surface area (Å²) in [5.74, 6) is -2.29. The monoisotopic (exact) mass is 186 g/mol. The summed E-state index contributed by atoms with van der Waals surface area (Å²) >= 11 is 0. The van der Waals surface area contributed by atoms with Crippen LogP contribution in [0.15, 0.2) is 12.2 Å². The molecule has 0 amide bonds. The normalized spacial score (nSPS) is 7.92. The van der Waals surface area contributed by atoms with Crippen LogP contribution in [0.4, 0.5) is 0 Å². The zero-order valence-electron chi connectivity index (χ0n) is 6.30. The maximum Gasteiger partial charge on any atom is 0.381 e. The molecule has 0 radical (unpaired) electrons. The summed E-state index contributed by atoms with van der Waals surface area (Å²) in [7, 11) is 0. The van der Waals surface area contributed by atoms with E-state index in [1.165, 1.54) is 5.92 Å². The Balaban J connectivity index is 0. The first kappa shape index (κ1) is 13.3. The Labute approximate surface area is 73.1 Å². The minimum atomic E-state index is -1.26. The van der Waals surface area contributed by atoms with Gasteiger partial charge in [-0.1, -0.05) is 0 Å². The van der Waals surface area contributed by atoms with Crippen molar-refractivity contribution in [1.29, 1.82) is 0 Å². The van der Waals surface area contributed by atoms with Gasteiger partial charge in [0.05, 0.1) is 0 Å². The molecule has 0 spiro atoms. The van der Waals surface area contributed by atoms with E-state index in [0.717, 1.165) is 0 Å². The summed E-state index contributed by atoms with van der Waals surface area (Å²) in [5.41, 5.74) is 0. The molecular weight excluding hydrogens is 180 g/mol. The third-order valence-electron chi connectivity index (χ3n) is 0.492. The minimum Gasteiger partial charge on any atom is -0.478 e. The first-order chi connectivity index (χ1) is 5.90. The summed E-state index contributed by atoms with van der Waals surface area (Å²) in [6, 6.07) is 0.